The molecular formula is C27H28Cl2N4O5S. The number of carbonyl (C=O) groups is 1. The van der Waals surface area contributed by atoms with Crippen molar-refractivity contribution in [3.05, 3.63) is 75.7 Å². The zero-order valence-corrected chi connectivity index (χ0v) is 23.5. The largest absolute Gasteiger partial charge is 0.482 e. The molecule has 9 nitrogen and oxygen atoms in total. The molecule has 0 saturated carbocycles. The zero-order valence-electron chi connectivity index (χ0n) is 21.0. The quantitative estimate of drug-likeness (QED) is 0.269. The van der Waals surface area contributed by atoms with Crippen LogP contribution in [0.15, 0.2) is 47.0 Å². The Kier molecular flexibility index (Phi) is 8.39. The molecule has 0 aliphatic carbocycles. The van der Waals surface area contributed by atoms with Crippen LogP contribution in [0.3, 0.4) is 0 Å². The highest BCUT2D eigenvalue weighted by molar-refractivity contribution is 7.59. The Labute approximate surface area is 242 Å². The lowest BCUT2D eigenvalue weighted by atomic mass is 9.95. The summed E-state index contributed by atoms with van der Waals surface area (Å²) < 4.78 is 19.4. The van der Waals surface area contributed by atoms with E-state index in [4.69, 9.17) is 42.1 Å². The average molecular weight is 592 g/mol. The van der Waals surface area contributed by atoms with E-state index in [0.29, 0.717) is 40.7 Å². The molecule has 2 aromatic carbocycles. The SMILES string of the molecule is O=C(O)c1ccc2nc(CN3CC(Cc4cnc(COc5ccc(Cl)cc5Cl)o4)C3)n(C[C@@H]3CCO3)c2c1.S. The van der Waals surface area contributed by atoms with Gasteiger partial charge < -0.3 is 23.6 Å². The van der Waals surface area contributed by atoms with Crippen LogP contribution in [0.25, 0.3) is 11.0 Å². The molecule has 0 spiro atoms. The van der Waals surface area contributed by atoms with Gasteiger partial charge in [-0.2, -0.15) is 13.5 Å². The van der Waals surface area contributed by atoms with E-state index in [1.165, 1.54) is 0 Å². The molecule has 4 heterocycles. The van der Waals surface area contributed by atoms with Gasteiger partial charge in [0.2, 0.25) is 5.89 Å². The standard InChI is InChI=1S/C27H26Cl2N4O5.H2S/c28-18-2-4-24(21(29)9-18)37-15-26-30-10-20(38-26)7-16-11-32(12-16)14-25-31-22-3-1-17(27(34)35)8-23(22)33(25)13-19-5-6-36-19;/h1-4,8-10,16,19H,5-7,11-15H2,(H,34,35);1H2/t19-;/m0./s1. The van der Waals surface area contributed by atoms with Gasteiger partial charge in [0.25, 0.3) is 0 Å². The lowest BCUT2D eigenvalue weighted by molar-refractivity contribution is -0.0594. The molecular weight excluding hydrogens is 563 g/mol. The Balaban J connectivity index is 0.00000308. The molecule has 0 amide bonds. The number of aromatic nitrogens is 3. The predicted octanol–water partition coefficient (Wildman–Crippen LogP) is 5.18. The summed E-state index contributed by atoms with van der Waals surface area (Å²) in [6.07, 6.45) is 3.69. The van der Waals surface area contributed by atoms with Crippen molar-refractivity contribution in [3.63, 3.8) is 0 Å². The second-order valence-corrected chi connectivity index (χ2v) is 10.6. The summed E-state index contributed by atoms with van der Waals surface area (Å²) in [5, 5.41) is 10.4. The fourth-order valence-electron chi connectivity index (χ4n) is 4.92. The van der Waals surface area contributed by atoms with Gasteiger partial charge in [0.15, 0.2) is 6.61 Å². The molecule has 4 aromatic rings. The van der Waals surface area contributed by atoms with Gasteiger partial charge in [0.1, 0.15) is 17.3 Å². The second kappa shape index (κ2) is 11.8. The maximum Gasteiger partial charge on any atom is 0.335 e. The Morgan fingerprint density at radius 1 is 1.18 bits per heavy atom. The van der Waals surface area contributed by atoms with Crippen molar-refractivity contribution >= 4 is 53.7 Å². The maximum absolute atomic E-state index is 11.5. The number of imidazole rings is 1. The monoisotopic (exact) mass is 590 g/mol. The van der Waals surface area contributed by atoms with E-state index >= 15 is 0 Å². The molecule has 1 atom stereocenters. The van der Waals surface area contributed by atoms with E-state index in [9.17, 15) is 9.90 Å². The number of hydrogen-bond acceptors (Lipinski definition) is 7. The number of benzene rings is 2. The number of fused-ring (bicyclic) bond motifs is 1. The molecule has 39 heavy (non-hydrogen) atoms. The number of nitrogens with zero attached hydrogens (tertiary/aromatic N) is 4. The minimum Gasteiger partial charge on any atom is -0.482 e. The first-order chi connectivity index (χ1) is 18.4. The number of carboxylic acid groups (broad SMARTS) is 1. The molecule has 6 rings (SSSR count). The number of oxazole rings is 1. The molecule has 2 fully saturated rings. The minimum absolute atomic E-state index is 0. The van der Waals surface area contributed by atoms with Crippen LogP contribution in [0.5, 0.6) is 5.75 Å². The highest BCUT2D eigenvalue weighted by atomic mass is 35.5. The Morgan fingerprint density at radius 2 is 2.00 bits per heavy atom. The summed E-state index contributed by atoms with van der Waals surface area (Å²) in [5.74, 6) is 2.29. The third-order valence-electron chi connectivity index (χ3n) is 6.99. The van der Waals surface area contributed by atoms with Gasteiger partial charge in [0, 0.05) is 31.1 Å². The highest BCUT2D eigenvalue weighted by Crippen LogP contribution is 2.29. The molecule has 2 aliphatic heterocycles. The number of carboxylic acids is 1. The van der Waals surface area contributed by atoms with Gasteiger partial charge in [-0.05, 0) is 48.7 Å². The van der Waals surface area contributed by atoms with Crippen LogP contribution in [0, 0.1) is 5.92 Å². The molecule has 2 aromatic heterocycles. The molecule has 2 saturated heterocycles. The Hall–Kier alpha value is -2.76. The van der Waals surface area contributed by atoms with Gasteiger partial charge in [0.05, 0.1) is 47.0 Å². The third kappa shape index (κ3) is 6.20. The van der Waals surface area contributed by atoms with Crippen molar-refractivity contribution < 1.29 is 23.8 Å². The average Bonchev–Trinajstić information content (AvgIpc) is 3.42. The van der Waals surface area contributed by atoms with Crippen molar-refractivity contribution in [1.82, 2.24) is 19.4 Å². The molecule has 1 N–H and O–H groups in total. The number of rotatable bonds is 10. The van der Waals surface area contributed by atoms with Gasteiger partial charge in [-0.25, -0.2) is 14.8 Å². The lowest BCUT2D eigenvalue weighted by Gasteiger charge is -2.39. The predicted molar refractivity (Wildman–Crippen MR) is 151 cm³/mol. The summed E-state index contributed by atoms with van der Waals surface area (Å²) in [5.41, 5.74) is 1.90. The molecule has 206 valence electrons. The van der Waals surface area contributed by atoms with Crippen LogP contribution in [-0.2, 0) is 30.9 Å². The molecule has 12 heteroatoms. The van der Waals surface area contributed by atoms with Crippen molar-refractivity contribution in [2.75, 3.05) is 19.7 Å². The number of halogens is 2. The number of aromatic carboxylic acids is 1. The van der Waals surface area contributed by atoms with E-state index < -0.39 is 5.97 Å². The fourth-order valence-corrected chi connectivity index (χ4v) is 5.39. The minimum atomic E-state index is -0.942. The van der Waals surface area contributed by atoms with Crippen LogP contribution >= 0.6 is 36.7 Å². The Morgan fingerprint density at radius 3 is 2.72 bits per heavy atom. The lowest BCUT2D eigenvalue weighted by Crippen LogP contribution is -2.47. The second-order valence-electron chi connectivity index (χ2n) is 9.78. The molecule has 0 bridgehead atoms. The van der Waals surface area contributed by atoms with Crippen LogP contribution in [0.2, 0.25) is 10.0 Å². The Bertz CT molecular complexity index is 1480. The van der Waals surface area contributed by atoms with Crippen LogP contribution in [0.4, 0.5) is 0 Å². The summed E-state index contributed by atoms with van der Waals surface area (Å²) >= 11 is 12.1. The van der Waals surface area contributed by atoms with E-state index in [0.717, 1.165) is 55.2 Å². The van der Waals surface area contributed by atoms with E-state index in [1.54, 1.807) is 42.6 Å². The fraction of sp³-hybridized carbons (Fsp3) is 0.370. The zero-order chi connectivity index (χ0) is 26.2. The summed E-state index contributed by atoms with van der Waals surface area (Å²) in [6, 6.07) is 10.2. The maximum atomic E-state index is 11.5. The molecule has 0 unspecified atom stereocenters. The normalized spacial score (nSPS) is 17.4. The van der Waals surface area contributed by atoms with Gasteiger partial charge in [-0.1, -0.05) is 23.2 Å². The van der Waals surface area contributed by atoms with Crippen molar-refractivity contribution in [2.24, 2.45) is 5.92 Å². The van der Waals surface area contributed by atoms with E-state index in [2.05, 4.69) is 14.5 Å². The summed E-state index contributed by atoms with van der Waals surface area (Å²) in [7, 11) is 0. The molecule has 2 aliphatic rings. The van der Waals surface area contributed by atoms with E-state index in [1.807, 2.05) is 0 Å². The third-order valence-corrected chi connectivity index (χ3v) is 7.52. The number of hydrogen-bond donors (Lipinski definition) is 1. The highest BCUT2D eigenvalue weighted by Gasteiger charge is 2.30. The van der Waals surface area contributed by atoms with Crippen molar-refractivity contribution in [1.29, 1.82) is 0 Å². The van der Waals surface area contributed by atoms with E-state index in [-0.39, 0.29) is 31.8 Å². The number of likely N-dealkylation sites (tertiary alicyclic amines) is 1. The van der Waals surface area contributed by atoms with Crippen LogP contribution in [-0.4, -0.2) is 56.3 Å². The smallest absolute Gasteiger partial charge is 0.335 e. The van der Waals surface area contributed by atoms with Gasteiger partial charge >= 0.3 is 5.97 Å². The van der Waals surface area contributed by atoms with Gasteiger partial charge in [-0.3, -0.25) is 4.90 Å². The van der Waals surface area contributed by atoms with Crippen molar-refractivity contribution in [2.45, 2.75) is 38.6 Å². The molecule has 0 radical (unpaired) electrons. The first-order valence-electron chi connectivity index (χ1n) is 12.5. The van der Waals surface area contributed by atoms with Crippen LogP contribution < -0.4 is 4.74 Å². The van der Waals surface area contributed by atoms with Crippen LogP contribution in [0.1, 0.15) is 34.3 Å². The first kappa shape index (κ1) is 27.8. The van der Waals surface area contributed by atoms with Gasteiger partial charge in [-0.15, -0.1) is 0 Å². The summed E-state index contributed by atoms with van der Waals surface area (Å²) in [4.78, 5) is 23.0. The van der Waals surface area contributed by atoms with Crippen molar-refractivity contribution in [3.8, 4) is 5.75 Å². The summed E-state index contributed by atoms with van der Waals surface area (Å²) in [6.45, 7) is 4.15. The topological polar surface area (TPSA) is 103 Å². The first-order valence-corrected chi connectivity index (χ1v) is 13.2. The number of ether oxygens (including phenoxy) is 2.